The van der Waals surface area contributed by atoms with Gasteiger partial charge in [0, 0.05) is 13.7 Å². The van der Waals surface area contributed by atoms with Gasteiger partial charge in [-0.3, -0.25) is 9.59 Å². The number of ether oxygens (including phenoxy) is 3. The Morgan fingerprint density at radius 1 is 1.42 bits per heavy atom. The molecule has 8 heteroatoms. The first-order valence-electron chi connectivity index (χ1n) is 7.45. The highest BCUT2D eigenvalue weighted by molar-refractivity contribution is 5.97. The Labute approximate surface area is 139 Å². The zero-order chi connectivity index (χ0) is 17.7. The Kier molecular flexibility index (Phi) is 5.74. The van der Waals surface area contributed by atoms with E-state index in [9.17, 15) is 14.0 Å². The number of primary amides is 1. The molecule has 1 aromatic carbocycles. The maximum Gasteiger partial charge on any atom is 0.257 e. The number of hydrogen-bond donors (Lipinski definition) is 1. The smallest absolute Gasteiger partial charge is 0.257 e. The second-order valence-corrected chi connectivity index (χ2v) is 5.68. The number of benzene rings is 1. The van der Waals surface area contributed by atoms with Crippen LogP contribution in [0.1, 0.15) is 16.8 Å². The zero-order valence-electron chi connectivity index (χ0n) is 13.7. The van der Waals surface area contributed by atoms with E-state index in [4.69, 9.17) is 19.9 Å². The molecule has 0 aliphatic carbocycles. The van der Waals surface area contributed by atoms with Gasteiger partial charge in [-0.2, -0.15) is 0 Å². The average molecular weight is 340 g/mol. The number of morpholine rings is 1. The van der Waals surface area contributed by atoms with E-state index in [1.807, 2.05) is 0 Å². The van der Waals surface area contributed by atoms with Gasteiger partial charge in [-0.05, 0) is 18.2 Å². The van der Waals surface area contributed by atoms with E-state index in [1.54, 1.807) is 0 Å². The molecule has 0 radical (unpaired) electrons. The number of nitrogens with two attached hydrogens (primary N) is 1. The lowest BCUT2D eigenvalue weighted by molar-refractivity contribution is -0.148. The predicted octanol–water partition coefficient (Wildman–Crippen LogP) is 0.567. The van der Waals surface area contributed by atoms with E-state index in [0.29, 0.717) is 6.54 Å². The van der Waals surface area contributed by atoms with Crippen LogP contribution in [0.3, 0.4) is 0 Å². The summed E-state index contributed by atoms with van der Waals surface area (Å²) in [6, 6.07) is 3.74. The van der Waals surface area contributed by atoms with Crippen molar-refractivity contribution >= 4 is 11.8 Å². The first kappa shape index (κ1) is 18.2. The molecule has 0 spiro atoms. The van der Waals surface area contributed by atoms with Crippen LogP contribution in [0.5, 0.6) is 5.75 Å². The molecule has 24 heavy (non-hydrogen) atoms. The second-order valence-electron chi connectivity index (χ2n) is 5.68. The maximum absolute atomic E-state index is 13.5. The van der Waals surface area contributed by atoms with Gasteiger partial charge in [0.1, 0.15) is 17.2 Å². The van der Waals surface area contributed by atoms with E-state index in [1.165, 1.54) is 31.3 Å². The van der Waals surface area contributed by atoms with Crippen LogP contribution < -0.4 is 10.5 Å². The van der Waals surface area contributed by atoms with E-state index in [0.717, 1.165) is 6.07 Å². The molecule has 132 valence electrons. The summed E-state index contributed by atoms with van der Waals surface area (Å²) >= 11 is 0. The number of nitrogens with zero attached hydrogens (tertiary/aromatic N) is 1. The molecule has 1 fully saturated rings. The molecule has 2 N–H and O–H groups in total. The third-order valence-corrected chi connectivity index (χ3v) is 3.83. The number of carbonyl (C=O) groups is 2. The minimum Gasteiger partial charge on any atom is -0.496 e. The van der Waals surface area contributed by atoms with E-state index in [-0.39, 0.29) is 37.5 Å². The first-order valence-corrected chi connectivity index (χ1v) is 7.45. The summed E-state index contributed by atoms with van der Waals surface area (Å²) < 4.78 is 29.5. The van der Waals surface area contributed by atoms with Gasteiger partial charge in [-0.25, -0.2) is 4.39 Å². The normalized spacial score (nSPS) is 20.7. The molecule has 2 amide bonds. The predicted molar refractivity (Wildman–Crippen MR) is 83.2 cm³/mol. The van der Waals surface area contributed by atoms with Crippen LogP contribution in [0, 0.1) is 5.82 Å². The van der Waals surface area contributed by atoms with Crippen LogP contribution in [0.2, 0.25) is 0 Å². The number of halogens is 1. The van der Waals surface area contributed by atoms with Crippen molar-refractivity contribution in [2.24, 2.45) is 5.73 Å². The molecule has 0 unspecified atom stereocenters. The summed E-state index contributed by atoms with van der Waals surface area (Å²) in [5.41, 5.74) is 4.40. The van der Waals surface area contributed by atoms with Gasteiger partial charge in [0.2, 0.25) is 5.91 Å². The molecule has 2 rings (SSSR count). The Balaban J connectivity index is 2.26. The minimum absolute atomic E-state index is 0.0785. The van der Waals surface area contributed by atoms with Crippen LogP contribution in [-0.4, -0.2) is 62.8 Å². The fourth-order valence-corrected chi connectivity index (χ4v) is 2.86. The molecule has 1 aromatic rings. The van der Waals surface area contributed by atoms with Crippen molar-refractivity contribution in [2.75, 3.05) is 40.5 Å². The molecule has 0 aromatic heterocycles. The Bertz CT molecular complexity index is 620. The van der Waals surface area contributed by atoms with Crippen molar-refractivity contribution in [1.82, 2.24) is 4.90 Å². The highest BCUT2D eigenvalue weighted by atomic mass is 19.1. The number of methoxy groups -OCH3 is 2. The standard InChI is InChI=1S/C16H21FN2O5/c1-22-10-16(8-14(18)20)9-19(5-6-24-16)15(21)12-7-11(17)3-4-13(12)23-2/h3-4,7H,5-6,8-10H2,1-2H3,(H2,18,20)/t16-/m0/s1. The monoisotopic (exact) mass is 340 g/mol. The van der Waals surface area contributed by atoms with Crippen molar-refractivity contribution in [2.45, 2.75) is 12.0 Å². The quantitative estimate of drug-likeness (QED) is 0.817. The van der Waals surface area contributed by atoms with Crippen molar-refractivity contribution in [3.63, 3.8) is 0 Å². The number of amides is 2. The number of rotatable bonds is 6. The van der Waals surface area contributed by atoms with Gasteiger partial charge in [-0.15, -0.1) is 0 Å². The zero-order valence-corrected chi connectivity index (χ0v) is 13.7. The van der Waals surface area contributed by atoms with Crippen molar-refractivity contribution in [3.05, 3.63) is 29.6 Å². The summed E-state index contributed by atoms with van der Waals surface area (Å²) in [4.78, 5) is 25.6. The number of carbonyl (C=O) groups excluding carboxylic acids is 2. The van der Waals surface area contributed by atoms with E-state index < -0.39 is 23.2 Å². The lowest BCUT2D eigenvalue weighted by Gasteiger charge is -2.41. The van der Waals surface area contributed by atoms with Crippen molar-refractivity contribution in [3.8, 4) is 5.75 Å². The molecule has 1 heterocycles. The molecule has 0 bridgehead atoms. The highest BCUT2D eigenvalue weighted by Gasteiger charge is 2.40. The van der Waals surface area contributed by atoms with Gasteiger partial charge in [-0.1, -0.05) is 0 Å². The van der Waals surface area contributed by atoms with Crippen LogP contribution in [0.4, 0.5) is 4.39 Å². The third-order valence-electron chi connectivity index (χ3n) is 3.83. The van der Waals surface area contributed by atoms with Gasteiger partial charge in [0.25, 0.3) is 5.91 Å². The van der Waals surface area contributed by atoms with Gasteiger partial charge >= 0.3 is 0 Å². The van der Waals surface area contributed by atoms with E-state index >= 15 is 0 Å². The summed E-state index contributed by atoms with van der Waals surface area (Å²) in [6.07, 6.45) is -0.0785. The van der Waals surface area contributed by atoms with Crippen LogP contribution in [0.15, 0.2) is 18.2 Å². The molecule has 1 aliphatic heterocycles. The topological polar surface area (TPSA) is 91.1 Å². The average Bonchev–Trinajstić information content (AvgIpc) is 2.53. The molecular formula is C16H21FN2O5. The van der Waals surface area contributed by atoms with Gasteiger partial charge < -0.3 is 24.8 Å². The van der Waals surface area contributed by atoms with Crippen LogP contribution in [-0.2, 0) is 14.3 Å². The SMILES string of the molecule is COC[C@]1(CC(N)=O)CN(C(=O)c2cc(F)ccc2OC)CCO1. The van der Waals surface area contributed by atoms with E-state index in [2.05, 4.69) is 0 Å². The Morgan fingerprint density at radius 3 is 2.79 bits per heavy atom. The number of hydrogen-bond acceptors (Lipinski definition) is 5. The van der Waals surface area contributed by atoms with Gasteiger partial charge in [0.15, 0.2) is 0 Å². The van der Waals surface area contributed by atoms with Crippen LogP contribution >= 0.6 is 0 Å². The third kappa shape index (κ3) is 4.01. The summed E-state index contributed by atoms with van der Waals surface area (Å²) in [7, 11) is 2.88. The summed E-state index contributed by atoms with van der Waals surface area (Å²) in [5.74, 6) is -1.21. The largest absolute Gasteiger partial charge is 0.496 e. The molecule has 0 saturated carbocycles. The highest BCUT2D eigenvalue weighted by Crippen LogP contribution is 2.26. The fourth-order valence-electron chi connectivity index (χ4n) is 2.86. The van der Waals surface area contributed by atoms with Crippen LogP contribution in [0.25, 0.3) is 0 Å². The van der Waals surface area contributed by atoms with Crippen molar-refractivity contribution in [1.29, 1.82) is 0 Å². The molecular weight excluding hydrogens is 319 g/mol. The minimum atomic E-state index is -1.00. The molecule has 1 aliphatic rings. The van der Waals surface area contributed by atoms with Gasteiger partial charge in [0.05, 0.1) is 38.9 Å². The Morgan fingerprint density at radius 2 is 2.17 bits per heavy atom. The maximum atomic E-state index is 13.5. The summed E-state index contributed by atoms with van der Waals surface area (Å²) in [6.45, 7) is 0.755. The fraction of sp³-hybridized carbons (Fsp3) is 0.500. The molecule has 7 nitrogen and oxygen atoms in total. The lowest BCUT2D eigenvalue weighted by atomic mass is 9.97. The second kappa shape index (κ2) is 7.59. The first-order chi connectivity index (χ1) is 11.4. The lowest BCUT2D eigenvalue weighted by Crippen LogP contribution is -2.57. The molecule has 1 saturated heterocycles. The Hall–Kier alpha value is -2.19. The molecule has 1 atom stereocenters. The van der Waals surface area contributed by atoms with Crippen molar-refractivity contribution < 1.29 is 28.2 Å². The summed E-state index contributed by atoms with van der Waals surface area (Å²) in [5, 5.41) is 0.